The van der Waals surface area contributed by atoms with E-state index < -0.39 is 5.97 Å². The van der Waals surface area contributed by atoms with Gasteiger partial charge in [0.2, 0.25) is 0 Å². The van der Waals surface area contributed by atoms with Crippen molar-refractivity contribution in [3.8, 4) is 0 Å². The Kier molecular flexibility index (Phi) is 4.73. The van der Waals surface area contributed by atoms with Crippen LogP contribution < -0.4 is 11.3 Å². The average Bonchev–Trinajstić information content (AvgIpc) is 2.83. The third-order valence-corrected chi connectivity index (χ3v) is 5.37. The number of nitrogens with zero attached hydrogens (tertiary/aromatic N) is 1. The molecule has 0 spiro atoms. The van der Waals surface area contributed by atoms with Crippen molar-refractivity contribution in [1.29, 1.82) is 0 Å². The molecule has 3 rings (SSSR count). The van der Waals surface area contributed by atoms with Crippen LogP contribution in [0, 0.1) is 13.8 Å². The number of carbonyl (C=O) groups is 1. The standard InChI is InChI=1S/C16H13Cl2N3O3S/c1-6-7(2)25-15-12(6)14(22)20-11(21-15)5-24-16(23)9-3-8(17)4-10(18)13(9)19/h3-4H,5,19H2,1-2H3,(H,20,21,22). The second-order valence-electron chi connectivity index (χ2n) is 5.40. The minimum atomic E-state index is -0.705. The van der Waals surface area contributed by atoms with Crippen LogP contribution >= 0.6 is 34.5 Å². The number of benzene rings is 1. The lowest BCUT2D eigenvalue weighted by atomic mass is 10.2. The minimum absolute atomic E-state index is 0.0590. The number of hydrogen-bond donors (Lipinski definition) is 2. The molecule has 6 nitrogen and oxygen atoms in total. The number of nitrogen functional groups attached to an aromatic ring is 1. The molecule has 0 atom stereocenters. The minimum Gasteiger partial charge on any atom is -0.454 e. The van der Waals surface area contributed by atoms with Crippen LogP contribution in [-0.4, -0.2) is 15.9 Å². The number of thiophene rings is 1. The molecule has 0 bridgehead atoms. The SMILES string of the molecule is Cc1sc2nc(COC(=O)c3cc(Cl)cc(Cl)c3N)[nH]c(=O)c2c1C. The summed E-state index contributed by atoms with van der Waals surface area (Å²) < 4.78 is 5.18. The van der Waals surface area contributed by atoms with Crippen LogP contribution in [0.5, 0.6) is 0 Å². The van der Waals surface area contributed by atoms with Crippen molar-refractivity contribution in [1.82, 2.24) is 9.97 Å². The summed E-state index contributed by atoms with van der Waals surface area (Å²) in [6.07, 6.45) is 0. The van der Waals surface area contributed by atoms with E-state index in [0.29, 0.717) is 10.2 Å². The highest BCUT2D eigenvalue weighted by atomic mass is 35.5. The second kappa shape index (κ2) is 6.67. The number of fused-ring (bicyclic) bond motifs is 1. The molecule has 2 heterocycles. The van der Waals surface area contributed by atoms with Gasteiger partial charge in [0.25, 0.3) is 5.56 Å². The van der Waals surface area contributed by atoms with Gasteiger partial charge >= 0.3 is 5.97 Å². The van der Waals surface area contributed by atoms with Crippen molar-refractivity contribution >= 4 is 56.4 Å². The van der Waals surface area contributed by atoms with E-state index in [1.54, 1.807) is 0 Å². The fraction of sp³-hybridized carbons (Fsp3) is 0.188. The molecule has 0 unspecified atom stereocenters. The number of halogens is 2. The van der Waals surface area contributed by atoms with Gasteiger partial charge in [-0.05, 0) is 31.5 Å². The van der Waals surface area contributed by atoms with Gasteiger partial charge in [0.1, 0.15) is 17.3 Å². The molecule has 130 valence electrons. The number of esters is 1. The van der Waals surface area contributed by atoms with Crippen LogP contribution in [0.2, 0.25) is 10.0 Å². The maximum absolute atomic E-state index is 12.2. The van der Waals surface area contributed by atoms with Gasteiger partial charge in [-0.3, -0.25) is 4.79 Å². The quantitative estimate of drug-likeness (QED) is 0.516. The van der Waals surface area contributed by atoms with E-state index in [9.17, 15) is 9.59 Å². The molecule has 1 aromatic carbocycles. The van der Waals surface area contributed by atoms with Crippen LogP contribution in [0.25, 0.3) is 10.2 Å². The van der Waals surface area contributed by atoms with Crippen LogP contribution in [0.4, 0.5) is 5.69 Å². The normalized spacial score (nSPS) is 11.0. The summed E-state index contributed by atoms with van der Waals surface area (Å²) in [4.78, 5) is 33.0. The van der Waals surface area contributed by atoms with E-state index in [-0.39, 0.29) is 39.3 Å². The summed E-state index contributed by atoms with van der Waals surface area (Å²) in [6, 6.07) is 2.81. The molecule has 3 N–H and O–H groups in total. The van der Waals surface area contributed by atoms with E-state index in [1.807, 2.05) is 13.8 Å². The predicted molar refractivity (Wildman–Crippen MR) is 99.7 cm³/mol. The highest BCUT2D eigenvalue weighted by molar-refractivity contribution is 7.18. The number of nitrogens with two attached hydrogens (primary N) is 1. The Hall–Kier alpha value is -2.09. The number of aromatic amines is 1. The molecule has 0 amide bonds. The molecule has 0 saturated carbocycles. The molecule has 0 aliphatic rings. The van der Waals surface area contributed by atoms with E-state index in [2.05, 4.69) is 9.97 Å². The smallest absolute Gasteiger partial charge is 0.340 e. The van der Waals surface area contributed by atoms with Gasteiger partial charge in [0.05, 0.1) is 21.7 Å². The molecule has 0 radical (unpaired) electrons. The zero-order valence-electron chi connectivity index (χ0n) is 13.3. The Morgan fingerprint density at radius 3 is 2.80 bits per heavy atom. The lowest BCUT2D eigenvalue weighted by molar-refractivity contribution is 0.0463. The number of ether oxygens (including phenoxy) is 1. The molecule has 0 aliphatic heterocycles. The molecular formula is C16H13Cl2N3O3S. The van der Waals surface area contributed by atoms with Gasteiger partial charge in [-0.15, -0.1) is 11.3 Å². The maximum Gasteiger partial charge on any atom is 0.340 e. The lowest BCUT2D eigenvalue weighted by Gasteiger charge is -2.08. The van der Waals surface area contributed by atoms with Crippen molar-refractivity contribution in [2.75, 3.05) is 5.73 Å². The van der Waals surface area contributed by atoms with E-state index in [4.69, 9.17) is 33.7 Å². The topological polar surface area (TPSA) is 98.1 Å². The van der Waals surface area contributed by atoms with Gasteiger partial charge in [-0.25, -0.2) is 9.78 Å². The molecule has 9 heteroatoms. The summed E-state index contributed by atoms with van der Waals surface area (Å²) >= 11 is 13.2. The molecule has 2 aromatic heterocycles. The predicted octanol–water partition coefficient (Wildman–Crippen LogP) is 3.85. The fourth-order valence-corrected chi connectivity index (χ4v) is 3.88. The molecule has 25 heavy (non-hydrogen) atoms. The summed E-state index contributed by atoms with van der Waals surface area (Å²) in [5.41, 5.74) is 6.56. The fourth-order valence-electron chi connectivity index (χ4n) is 2.33. The summed E-state index contributed by atoms with van der Waals surface area (Å²) in [6.45, 7) is 3.59. The van der Waals surface area contributed by atoms with Crippen molar-refractivity contribution < 1.29 is 9.53 Å². The van der Waals surface area contributed by atoms with Gasteiger partial charge in [-0.2, -0.15) is 0 Å². The van der Waals surface area contributed by atoms with Crippen LogP contribution in [0.3, 0.4) is 0 Å². The maximum atomic E-state index is 12.2. The van der Waals surface area contributed by atoms with Gasteiger partial charge in [0, 0.05) is 9.90 Å². The van der Waals surface area contributed by atoms with Gasteiger partial charge in [-0.1, -0.05) is 23.2 Å². The summed E-state index contributed by atoms with van der Waals surface area (Å²) in [5.74, 6) is -0.456. The number of carbonyl (C=O) groups excluding carboxylic acids is 1. The number of aromatic nitrogens is 2. The largest absolute Gasteiger partial charge is 0.454 e. The Balaban J connectivity index is 1.86. The Morgan fingerprint density at radius 1 is 1.36 bits per heavy atom. The Bertz CT molecular complexity index is 1060. The van der Waals surface area contributed by atoms with Gasteiger partial charge < -0.3 is 15.5 Å². The Labute approximate surface area is 156 Å². The molecule has 0 fully saturated rings. The molecule has 0 saturated heterocycles. The van der Waals surface area contributed by atoms with Crippen LogP contribution in [0.1, 0.15) is 26.6 Å². The van der Waals surface area contributed by atoms with Crippen LogP contribution in [-0.2, 0) is 11.3 Å². The zero-order chi connectivity index (χ0) is 18.3. The molecule has 0 aliphatic carbocycles. The summed E-state index contributed by atoms with van der Waals surface area (Å²) in [7, 11) is 0. The molecule has 3 aromatic rings. The van der Waals surface area contributed by atoms with E-state index in [0.717, 1.165) is 10.4 Å². The highest BCUT2D eigenvalue weighted by Crippen LogP contribution is 2.28. The van der Waals surface area contributed by atoms with Crippen molar-refractivity contribution in [3.63, 3.8) is 0 Å². The van der Waals surface area contributed by atoms with Gasteiger partial charge in [0.15, 0.2) is 0 Å². The average molecular weight is 398 g/mol. The first-order valence-electron chi connectivity index (χ1n) is 7.18. The van der Waals surface area contributed by atoms with E-state index >= 15 is 0 Å². The van der Waals surface area contributed by atoms with E-state index in [1.165, 1.54) is 23.5 Å². The third-order valence-electron chi connectivity index (χ3n) is 3.74. The monoisotopic (exact) mass is 397 g/mol. The molecular weight excluding hydrogens is 385 g/mol. The lowest BCUT2D eigenvalue weighted by Crippen LogP contribution is -2.15. The Morgan fingerprint density at radius 2 is 2.08 bits per heavy atom. The number of hydrogen-bond acceptors (Lipinski definition) is 6. The van der Waals surface area contributed by atoms with Crippen molar-refractivity contribution in [3.05, 3.63) is 54.4 Å². The van der Waals surface area contributed by atoms with Crippen LogP contribution in [0.15, 0.2) is 16.9 Å². The number of H-pyrrole nitrogens is 1. The first kappa shape index (κ1) is 17.7. The van der Waals surface area contributed by atoms with Crippen molar-refractivity contribution in [2.45, 2.75) is 20.5 Å². The highest BCUT2D eigenvalue weighted by Gasteiger charge is 2.17. The first-order valence-corrected chi connectivity index (χ1v) is 8.75. The third kappa shape index (κ3) is 3.35. The second-order valence-corrected chi connectivity index (χ2v) is 7.45. The first-order chi connectivity index (χ1) is 11.8. The number of aryl methyl sites for hydroxylation is 2. The number of nitrogens with one attached hydrogen (secondary N) is 1. The number of rotatable bonds is 3. The summed E-state index contributed by atoms with van der Waals surface area (Å²) in [5, 5.41) is 0.990. The number of anilines is 1. The zero-order valence-corrected chi connectivity index (χ0v) is 15.6. The van der Waals surface area contributed by atoms with Crippen molar-refractivity contribution in [2.24, 2.45) is 0 Å².